The Morgan fingerprint density at radius 2 is 1.73 bits per heavy atom. The second kappa shape index (κ2) is 8.29. The summed E-state index contributed by atoms with van der Waals surface area (Å²) in [5, 5.41) is 1.52. The van der Waals surface area contributed by atoms with Crippen LogP contribution in [-0.2, 0) is 6.61 Å². The van der Waals surface area contributed by atoms with E-state index in [0.717, 1.165) is 50.4 Å². The van der Waals surface area contributed by atoms with Crippen molar-refractivity contribution in [3.8, 4) is 16.9 Å². The fourth-order valence-corrected chi connectivity index (χ4v) is 5.53. The van der Waals surface area contributed by atoms with E-state index in [4.69, 9.17) is 16.3 Å². The number of benzene rings is 3. The summed E-state index contributed by atoms with van der Waals surface area (Å²) in [5.41, 5.74) is 3.43. The molecule has 0 radical (unpaired) electrons. The Bertz CT molecular complexity index is 1250. The Hall–Kier alpha value is -2.56. The second-order valence-corrected chi connectivity index (χ2v) is 9.27. The van der Waals surface area contributed by atoms with Gasteiger partial charge in [0.05, 0.1) is 10.1 Å². The first-order valence-electron chi connectivity index (χ1n) is 10.3. The van der Waals surface area contributed by atoms with E-state index in [2.05, 4.69) is 24.3 Å². The van der Waals surface area contributed by atoms with E-state index >= 15 is 0 Å². The number of ether oxygens (including phenoxy) is 1. The van der Waals surface area contributed by atoms with E-state index in [0.29, 0.717) is 12.6 Å². The maximum absolute atomic E-state index is 12.7. The highest BCUT2D eigenvalue weighted by Gasteiger charge is 2.21. The van der Waals surface area contributed by atoms with Crippen LogP contribution in [0.3, 0.4) is 0 Å². The Balaban J connectivity index is 1.35. The minimum atomic E-state index is 0.141. The average molecular weight is 436 g/mol. The van der Waals surface area contributed by atoms with Gasteiger partial charge >= 0.3 is 0 Å². The number of rotatable bonds is 5. The van der Waals surface area contributed by atoms with Crippen molar-refractivity contribution in [2.24, 2.45) is 0 Å². The molecule has 1 saturated carbocycles. The molecule has 1 aliphatic carbocycles. The first-order chi connectivity index (χ1) is 14.7. The zero-order chi connectivity index (χ0) is 20.5. The molecule has 0 spiro atoms. The predicted octanol–water partition coefficient (Wildman–Crippen LogP) is 7.08. The Morgan fingerprint density at radius 3 is 2.53 bits per heavy atom. The molecule has 0 aliphatic heterocycles. The Labute approximate surface area is 184 Å². The molecule has 152 valence electrons. The number of hydrogen-bond donors (Lipinski definition) is 0. The van der Waals surface area contributed by atoms with Gasteiger partial charge in [0.25, 0.3) is 5.56 Å². The van der Waals surface area contributed by atoms with Gasteiger partial charge < -0.3 is 4.74 Å². The highest BCUT2D eigenvalue weighted by molar-refractivity contribution is 7.13. The molecule has 0 N–H and O–H groups in total. The molecule has 5 heteroatoms. The van der Waals surface area contributed by atoms with Gasteiger partial charge in [-0.15, -0.1) is 0 Å². The summed E-state index contributed by atoms with van der Waals surface area (Å²) in [6, 6.07) is 22.3. The molecule has 3 nitrogen and oxygen atoms in total. The lowest BCUT2D eigenvalue weighted by Gasteiger charge is -2.08. The van der Waals surface area contributed by atoms with Gasteiger partial charge in [0.2, 0.25) is 0 Å². The van der Waals surface area contributed by atoms with Gasteiger partial charge in [-0.1, -0.05) is 66.3 Å². The van der Waals surface area contributed by atoms with E-state index in [1.54, 1.807) is 11.5 Å². The third-order valence-corrected chi connectivity index (χ3v) is 7.16. The molecule has 3 aromatic carbocycles. The molecule has 0 saturated heterocycles. The van der Waals surface area contributed by atoms with Gasteiger partial charge in [0, 0.05) is 11.1 Å². The van der Waals surface area contributed by atoms with Gasteiger partial charge in [-0.05, 0) is 65.9 Å². The summed E-state index contributed by atoms with van der Waals surface area (Å²) in [7, 11) is 0. The quantitative estimate of drug-likeness (QED) is 0.335. The van der Waals surface area contributed by atoms with Crippen molar-refractivity contribution in [2.75, 3.05) is 0 Å². The number of nitrogens with zero attached hydrogens (tertiary/aromatic N) is 1. The highest BCUT2D eigenvalue weighted by Crippen LogP contribution is 2.33. The molecule has 0 amide bonds. The van der Waals surface area contributed by atoms with Crippen LogP contribution in [-0.4, -0.2) is 3.96 Å². The smallest absolute Gasteiger partial charge is 0.268 e. The van der Waals surface area contributed by atoms with Crippen LogP contribution in [0.25, 0.3) is 21.2 Å². The molecule has 30 heavy (non-hydrogen) atoms. The maximum Gasteiger partial charge on any atom is 0.268 e. The van der Waals surface area contributed by atoms with Crippen molar-refractivity contribution in [1.29, 1.82) is 0 Å². The summed E-state index contributed by atoms with van der Waals surface area (Å²) < 4.78 is 9.02. The number of fused-ring (bicyclic) bond motifs is 1. The van der Waals surface area contributed by atoms with Crippen LogP contribution < -0.4 is 10.3 Å². The number of hydrogen-bond acceptors (Lipinski definition) is 3. The molecule has 5 rings (SSSR count). The lowest BCUT2D eigenvalue weighted by molar-refractivity contribution is 0.307. The van der Waals surface area contributed by atoms with Crippen LogP contribution in [0.5, 0.6) is 5.75 Å². The zero-order valence-corrected chi connectivity index (χ0v) is 18.1. The van der Waals surface area contributed by atoms with Crippen molar-refractivity contribution < 1.29 is 4.74 Å². The van der Waals surface area contributed by atoms with E-state index in [1.165, 1.54) is 12.8 Å². The first-order valence-corrected chi connectivity index (χ1v) is 11.5. The largest absolute Gasteiger partial charge is 0.489 e. The second-order valence-electron chi connectivity index (χ2n) is 7.82. The normalized spacial score (nSPS) is 14.4. The molecule has 1 aliphatic rings. The van der Waals surface area contributed by atoms with E-state index in [-0.39, 0.29) is 5.56 Å². The molecular formula is C25H22ClNO2S. The van der Waals surface area contributed by atoms with Crippen molar-refractivity contribution in [3.05, 3.63) is 87.7 Å². The molecule has 0 atom stereocenters. The standard InChI is InChI=1S/C25H22ClNO2S/c26-20-8-4-7-19(14-20)18-6-3-5-17(13-18)16-29-22-11-12-23-24(15-22)30-27(25(23)28)21-9-1-2-10-21/h3-8,11-15,21H,1-2,9-10,16H2. The SMILES string of the molecule is O=c1c2ccc(OCc3cccc(-c4cccc(Cl)c4)c3)cc2sn1C1CCCC1. The Kier molecular flexibility index (Phi) is 5.36. The Morgan fingerprint density at radius 1 is 0.967 bits per heavy atom. The van der Waals surface area contributed by atoms with Crippen molar-refractivity contribution in [1.82, 2.24) is 3.96 Å². The topological polar surface area (TPSA) is 31.2 Å². The molecule has 0 bridgehead atoms. The lowest BCUT2D eigenvalue weighted by Crippen LogP contribution is -2.16. The third-order valence-electron chi connectivity index (χ3n) is 5.73. The van der Waals surface area contributed by atoms with E-state index in [9.17, 15) is 4.79 Å². The molecule has 4 aromatic rings. The van der Waals surface area contributed by atoms with Crippen molar-refractivity contribution in [2.45, 2.75) is 38.3 Å². The van der Waals surface area contributed by atoms with Crippen molar-refractivity contribution in [3.63, 3.8) is 0 Å². The summed E-state index contributed by atoms with van der Waals surface area (Å²) in [4.78, 5) is 12.7. The van der Waals surface area contributed by atoms with Crippen LogP contribution in [0.15, 0.2) is 71.5 Å². The fourth-order valence-electron chi connectivity index (χ4n) is 4.17. The van der Waals surface area contributed by atoms with Crippen LogP contribution in [0, 0.1) is 0 Å². The van der Waals surface area contributed by atoms with Gasteiger partial charge in [-0.3, -0.25) is 8.75 Å². The van der Waals surface area contributed by atoms with Crippen LogP contribution >= 0.6 is 23.1 Å². The molecule has 1 aromatic heterocycles. The van der Waals surface area contributed by atoms with Gasteiger partial charge in [-0.2, -0.15) is 0 Å². The molecule has 1 fully saturated rings. The monoisotopic (exact) mass is 435 g/mol. The van der Waals surface area contributed by atoms with E-state index < -0.39 is 0 Å². The van der Waals surface area contributed by atoms with Gasteiger partial charge in [-0.25, -0.2) is 0 Å². The first kappa shape index (κ1) is 19.4. The third kappa shape index (κ3) is 3.90. The number of aromatic nitrogens is 1. The highest BCUT2D eigenvalue weighted by atomic mass is 35.5. The number of halogens is 1. The zero-order valence-electron chi connectivity index (χ0n) is 16.5. The maximum atomic E-state index is 12.7. The van der Waals surface area contributed by atoms with Crippen LogP contribution in [0.2, 0.25) is 5.02 Å². The molecular weight excluding hydrogens is 414 g/mol. The van der Waals surface area contributed by atoms with E-state index in [1.807, 2.05) is 46.4 Å². The van der Waals surface area contributed by atoms with Gasteiger partial charge in [0.1, 0.15) is 12.4 Å². The summed E-state index contributed by atoms with van der Waals surface area (Å²) >= 11 is 7.70. The average Bonchev–Trinajstić information content (AvgIpc) is 3.40. The minimum Gasteiger partial charge on any atom is -0.489 e. The lowest BCUT2D eigenvalue weighted by atomic mass is 10.0. The predicted molar refractivity (Wildman–Crippen MR) is 125 cm³/mol. The molecule has 1 heterocycles. The summed E-state index contributed by atoms with van der Waals surface area (Å²) in [5.74, 6) is 0.787. The molecule has 0 unspecified atom stereocenters. The van der Waals surface area contributed by atoms with Crippen molar-refractivity contribution >= 4 is 33.2 Å². The van der Waals surface area contributed by atoms with Crippen LogP contribution in [0.4, 0.5) is 0 Å². The fraction of sp³-hybridized carbons (Fsp3) is 0.240. The summed E-state index contributed by atoms with van der Waals surface area (Å²) in [6.45, 7) is 0.470. The van der Waals surface area contributed by atoms with Gasteiger partial charge in [0.15, 0.2) is 0 Å². The minimum absolute atomic E-state index is 0.141. The van der Waals surface area contributed by atoms with Crippen LogP contribution in [0.1, 0.15) is 37.3 Å². The summed E-state index contributed by atoms with van der Waals surface area (Å²) in [6.07, 6.45) is 4.65.